The number of urea groups is 1. The molecule has 2 N–H and O–H groups in total. The quantitative estimate of drug-likeness (QED) is 0.895. The van der Waals surface area contributed by atoms with Crippen molar-refractivity contribution in [2.75, 3.05) is 18.5 Å². The first kappa shape index (κ1) is 12.8. The van der Waals surface area contributed by atoms with Crippen LogP contribution in [0.15, 0.2) is 6.07 Å². The number of hydrogen-bond acceptors (Lipinski definition) is 5. The van der Waals surface area contributed by atoms with Crippen molar-refractivity contribution in [1.29, 1.82) is 0 Å². The molecule has 0 radical (unpaired) electrons. The smallest absolute Gasteiger partial charge is 0.321 e. The van der Waals surface area contributed by atoms with Gasteiger partial charge in [0.25, 0.3) is 0 Å². The summed E-state index contributed by atoms with van der Waals surface area (Å²) in [6, 6.07) is 1.87. The summed E-state index contributed by atoms with van der Waals surface area (Å²) in [6.45, 7) is 5.30. The lowest BCUT2D eigenvalue weighted by atomic mass is 10.0. The van der Waals surface area contributed by atoms with E-state index in [0.29, 0.717) is 18.3 Å². The van der Waals surface area contributed by atoms with E-state index in [1.165, 1.54) is 16.2 Å². The van der Waals surface area contributed by atoms with E-state index in [0.717, 1.165) is 16.0 Å². The first-order valence-electron chi connectivity index (χ1n) is 6.08. The molecule has 5 nitrogen and oxygen atoms in total. The van der Waals surface area contributed by atoms with Crippen LogP contribution in [0.25, 0.3) is 9.53 Å². The van der Waals surface area contributed by atoms with Gasteiger partial charge in [-0.3, -0.25) is 5.32 Å². The number of aryl methyl sites for hydroxylation is 1. The Kier molecular flexibility index (Phi) is 3.20. The van der Waals surface area contributed by atoms with Gasteiger partial charge in [0.15, 0.2) is 5.13 Å². The normalized spacial score (nSPS) is 22.8. The van der Waals surface area contributed by atoms with Gasteiger partial charge in [0.2, 0.25) is 0 Å². The molecule has 2 aromatic rings. The SMILES string of the molecule is Cc1cc2sc(NC(=O)N[C@@]3(C)CCOC3)nc2s1. The number of nitrogens with one attached hydrogen (secondary N) is 2. The van der Waals surface area contributed by atoms with Crippen LogP contribution in [-0.4, -0.2) is 29.8 Å². The average molecular weight is 297 g/mol. The molecule has 3 heterocycles. The molecule has 1 aliphatic heterocycles. The Morgan fingerprint density at radius 1 is 1.53 bits per heavy atom. The monoisotopic (exact) mass is 297 g/mol. The molecule has 102 valence electrons. The van der Waals surface area contributed by atoms with Crippen molar-refractivity contribution in [1.82, 2.24) is 10.3 Å². The van der Waals surface area contributed by atoms with Gasteiger partial charge in [-0.1, -0.05) is 11.3 Å². The number of anilines is 1. The van der Waals surface area contributed by atoms with Crippen molar-refractivity contribution in [3.8, 4) is 0 Å². The highest BCUT2D eigenvalue weighted by atomic mass is 32.1. The molecule has 3 rings (SSSR count). The number of fused-ring (bicyclic) bond motifs is 1. The highest BCUT2D eigenvalue weighted by Crippen LogP contribution is 2.32. The van der Waals surface area contributed by atoms with Crippen LogP contribution in [0, 0.1) is 6.92 Å². The van der Waals surface area contributed by atoms with Gasteiger partial charge in [0, 0.05) is 11.5 Å². The molecule has 7 heteroatoms. The predicted molar refractivity (Wildman–Crippen MR) is 78.2 cm³/mol. The molecule has 0 aromatic carbocycles. The summed E-state index contributed by atoms with van der Waals surface area (Å²) in [4.78, 5) is 18.6. The maximum absolute atomic E-state index is 11.9. The summed E-state index contributed by atoms with van der Waals surface area (Å²) in [5, 5.41) is 6.38. The number of nitrogens with zero attached hydrogens (tertiary/aromatic N) is 1. The van der Waals surface area contributed by atoms with Gasteiger partial charge in [0.1, 0.15) is 4.83 Å². The van der Waals surface area contributed by atoms with E-state index in [1.54, 1.807) is 11.3 Å². The van der Waals surface area contributed by atoms with Gasteiger partial charge in [-0.15, -0.1) is 11.3 Å². The van der Waals surface area contributed by atoms with Crippen LogP contribution >= 0.6 is 22.7 Å². The molecule has 1 saturated heterocycles. The second kappa shape index (κ2) is 4.73. The van der Waals surface area contributed by atoms with Gasteiger partial charge in [-0.05, 0) is 26.3 Å². The summed E-state index contributed by atoms with van der Waals surface area (Å²) in [7, 11) is 0. The molecule has 2 amide bonds. The van der Waals surface area contributed by atoms with Crippen LogP contribution in [-0.2, 0) is 4.74 Å². The van der Waals surface area contributed by atoms with Gasteiger partial charge in [0.05, 0.1) is 16.8 Å². The molecule has 1 fully saturated rings. The third kappa shape index (κ3) is 2.72. The maximum atomic E-state index is 11.9. The van der Waals surface area contributed by atoms with E-state index in [4.69, 9.17) is 4.74 Å². The standard InChI is InChI=1S/C12H15N3O2S2/c1-7-5-8-9(18-7)13-11(19-8)14-10(16)15-12(2)3-4-17-6-12/h5H,3-4,6H2,1-2H3,(H2,13,14,15,16)/t12-/m0/s1. The lowest BCUT2D eigenvalue weighted by Crippen LogP contribution is -2.48. The molecule has 0 bridgehead atoms. The molecule has 0 spiro atoms. The molecule has 0 aliphatic carbocycles. The van der Waals surface area contributed by atoms with Gasteiger partial charge in [-0.25, -0.2) is 9.78 Å². The number of hydrogen-bond donors (Lipinski definition) is 2. The highest BCUT2D eigenvalue weighted by Gasteiger charge is 2.31. The zero-order valence-corrected chi connectivity index (χ0v) is 12.4. The lowest BCUT2D eigenvalue weighted by Gasteiger charge is -2.23. The van der Waals surface area contributed by atoms with E-state index in [9.17, 15) is 4.79 Å². The summed E-state index contributed by atoms with van der Waals surface area (Å²) >= 11 is 3.14. The number of carbonyl (C=O) groups is 1. The second-order valence-electron chi connectivity index (χ2n) is 4.99. The number of ether oxygens (including phenoxy) is 1. The van der Waals surface area contributed by atoms with Crippen molar-refractivity contribution in [3.05, 3.63) is 10.9 Å². The zero-order valence-electron chi connectivity index (χ0n) is 10.8. The third-order valence-corrected chi connectivity index (χ3v) is 5.06. The van der Waals surface area contributed by atoms with Crippen LogP contribution in [0.4, 0.5) is 9.93 Å². The Morgan fingerprint density at radius 3 is 3.05 bits per heavy atom. The van der Waals surface area contributed by atoms with Crippen LogP contribution in [0.2, 0.25) is 0 Å². The predicted octanol–water partition coefficient (Wildman–Crippen LogP) is 2.97. The third-order valence-electron chi connectivity index (χ3n) is 3.07. The molecular weight excluding hydrogens is 282 g/mol. The maximum Gasteiger partial charge on any atom is 0.321 e. The fourth-order valence-electron chi connectivity index (χ4n) is 2.07. The molecule has 1 atom stereocenters. The van der Waals surface area contributed by atoms with Gasteiger partial charge in [-0.2, -0.15) is 0 Å². The Bertz CT molecular complexity index is 582. The van der Waals surface area contributed by atoms with Crippen molar-refractivity contribution < 1.29 is 9.53 Å². The summed E-state index contributed by atoms with van der Waals surface area (Å²) in [6.07, 6.45) is 0.840. The first-order chi connectivity index (χ1) is 9.04. The average Bonchev–Trinajstić information content (AvgIpc) is 2.93. The van der Waals surface area contributed by atoms with E-state index in [1.807, 2.05) is 6.92 Å². The van der Waals surface area contributed by atoms with Gasteiger partial charge >= 0.3 is 6.03 Å². The first-order valence-corrected chi connectivity index (χ1v) is 7.71. The van der Waals surface area contributed by atoms with Crippen LogP contribution < -0.4 is 10.6 Å². The number of thiophene rings is 1. The van der Waals surface area contributed by atoms with Crippen LogP contribution in [0.5, 0.6) is 0 Å². The molecule has 2 aromatic heterocycles. The molecular formula is C12H15N3O2S2. The minimum atomic E-state index is -0.269. The Labute approximate surface area is 119 Å². The molecule has 0 saturated carbocycles. The number of aromatic nitrogens is 1. The molecule has 0 unspecified atom stereocenters. The minimum Gasteiger partial charge on any atom is -0.379 e. The van der Waals surface area contributed by atoms with Crippen molar-refractivity contribution in [2.45, 2.75) is 25.8 Å². The molecule has 19 heavy (non-hydrogen) atoms. The fraction of sp³-hybridized carbons (Fsp3) is 0.500. The zero-order chi connectivity index (χ0) is 13.5. The second-order valence-corrected chi connectivity index (χ2v) is 7.25. The van der Waals surface area contributed by atoms with Gasteiger partial charge < -0.3 is 10.1 Å². The van der Waals surface area contributed by atoms with Crippen molar-refractivity contribution >= 4 is 43.4 Å². The van der Waals surface area contributed by atoms with Crippen molar-refractivity contribution in [2.24, 2.45) is 0 Å². The Morgan fingerprint density at radius 2 is 2.37 bits per heavy atom. The number of rotatable bonds is 2. The number of carbonyl (C=O) groups excluding carboxylic acids is 1. The Hall–Kier alpha value is -1.18. The van der Waals surface area contributed by atoms with E-state index in [-0.39, 0.29) is 11.6 Å². The topological polar surface area (TPSA) is 63.2 Å². The molecule has 1 aliphatic rings. The number of amides is 2. The van der Waals surface area contributed by atoms with E-state index < -0.39 is 0 Å². The largest absolute Gasteiger partial charge is 0.379 e. The summed E-state index contributed by atoms with van der Waals surface area (Å²) < 4.78 is 6.42. The lowest BCUT2D eigenvalue weighted by molar-refractivity contribution is 0.172. The van der Waals surface area contributed by atoms with Crippen molar-refractivity contribution in [3.63, 3.8) is 0 Å². The summed E-state index contributed by atoms with van der Waals surface area (Å²) in [5.41, 5.74) is -0.269. The minimum absolute atomic E-state index is 0.217. The van der Waals surface area contributed by atoms with Crippen LogP contribution in [0.3, 0.4) is 0 Å². The number of thiazole rings is 1. The highest BCUT2D eigenvalue weighted by molar-refractivity contribution is 7.29. The van der Waals surface area contributed by atoms with E-state index in [2.05, 4.69) is 28.6 Å². The summed E-state index contributed by atoms with van der Waals surface area (Å²) in [5.74, 6) is 0. The van der Waals surface area contributed by atoms with Crippen LogP contribution in [0.1, 0.15) is 18.2 Å². The van der Waals surface area contributed by atoms with E-state index >= 15 is 0 Å². The Balaban J connectivity index is 1.66. The fourth-order valence-corrected chi connectivity index (χ4v) is 4.09.